The fourth-order valence-electron chi connectivity index (χ4n) is 2.91. The van der Waals surface area contributed by atoms with Crippen molar-refractivity contribution in [3.05, 3.63) is 72.8 Å². The van der Waals surface area contributed by atoms with Crippen LogP contribution in [-0.2, 0) is 10.9 Å². The number of rotatable bonds is 12. The SMILES string of the molecule is OCCOc1ccc([S+](c2ccc(OCCO)cc2)c2ccc(OCCO)cc2)cc1. The Bertz CT molecular complexity index is 774. The Morgan fingerprint density at radius 3 is 0.935 bits per heavy atom. The van der Waals surface area contributed by atoms with Gasteiger partial charge in [0.25, 0.3) is 0 Å². The predicted octanol–water partition coefficient (Wildman–Crippen LogP) is 2.90. The molecule has 0 bridgehead atoms. The largest absolute Gasteiger partial charge is 0.491 e. The van der Waals surface area contributed by atoms with E-state index in [4.69, 9.17) is 29.5 Å². The Labute approximate surface area is 185 Å². The number of ether oxygens (including phenoxy) is 3. The van der Waals surface area contributed by atoms with Crippen LogP contribution in [0.25, 0.3) is 0 Å². The summed E-state index contributed by atoms with van der Waals surface area (Å²) in [6.45, 7) is 0.700. The molecule has 0 amide bonds. The lowest BCUT2D eigenvalue weighted by atomic mass is 10.3. The molecule has 0 saturated carbocycles. The molecule has 0 aromatic heterocycles. The van der Waals surface area contributed by atoms with Gasteiger partial charge in [0.1, 0.15) is 37.1 Å². The maximum atomic E-state index is 8.95. The van der Waals surface area contributed by atoms with Crippen LogP contribution < -0.4 is 14.2 Å². The summed E-state index contributed by atoms with van der Waals surface area (Å²) in [4.78, 5) is 3.35. The fraction of sp³-hybridized carbons (Fsp3) is 0.250. The third-order valence-electron chi connectivity index (χ3n) is 4.26. The third kappa shape index (κ3) is 6.63. The van der Waals surface area contributed by atoms with Crippen LogP contribution in [0.1, 0.15) is 0 Å². The highest BCUT2D eigenvalue weighted by atomic mass is 32.2. The normalized spacial score (nSPS) is 10.8. The molecular weight excluding hydrogens is 416 g/mol. The molecule has 3 aromatic carbocycles. The molecule has 0 fully saturated rings. The van der Waals surface area contributed by atoms with E-state index in [0.717, 1.165) is 14.7 Å². The third-order valence-corrected chi connectivity index (χ3v) is 6.49. The first-order valence-corrected chi connectivity index (χ1v) is 11.2. The molecule has 3 aromatic rings. The van der Waals surface area contributed by atoms with Crippen molar-refractivity contribution in [3.8, 4) is 17.2 Å². The average molecular weight is 444 g/mol. The van der Waals surface area contributed by atoms with E-state index in [-0.39, 0.29) is 50.5 Å². The second-order valence-corrected chi connectivity index (χ2v) is 8.46. The molecule has 0 spiro atoms. The molecule has 7 heteroatoms. The van der Waals surface area contributed by atoms with Crippen molar-refractivity contribution in [2.45, 2.75) is 14.7 Å². The Hall–Kier alpha value is -2.71. The van der Waals surface area contributed by atoms with Gasteiger partial charge < -0.3 is 29.5 Å². The van der Waals surface area contributed by atoms with E-state index in [1.54, 1.807) is 0 Å². The van der Waals surface area contributed by atoms with Crippen LogP contribution in [-0.4, -0.2) is 55.0 Å². The Morgan fingerprint density at radius 1 is 0.452 bits per heavy atom. The van der Waals surface area contributed by atoms with Gasteiger partial charge in [-0.15, -0.1) is 0 Å². The second kappa shape index (κ2) is 12.2. The molecule has 3 N–H and O–H groups in total. The minimum Gasteiger partial charge on any atom is -0.491 e. The van der Waals surface area contributed by atoms with Gasteiger partial charge in [-0.2, -0.15) is 0 Å². The van der Waals surface area contributed by atoms with E-state index in [1.807, 2.05) is 72.8 Å². The van der Waals surface area contributed by atoms with Crippen molar-refractivity contribution in [1.82, 2.24) is 0 Å². The summed E-state index contributed by atoms with van der Waals surface area (Å²) in [5, 5.41) is 26.8. The number of hydrogen-bond donors (Lipinski definition) is 3. The summed E-state index contributed by atoms with van der Waals surface area (Å²) in [7, 11) is -0.371. The van der Waals surface area contributed by atoms with Gasteiger partial charge in [0.05, 0.1) is 30.7 Å². The molecule has 164 valence electrons. The van der Waals surface area contributed by atoms with Gasteiger partial charge in [0.2, 0.25) is 0 Å². The minimum atomic E-state index is -0.371. The smallest absolute Gasteiger partial charge is 0.166 e. The molecule has 0 saturated heterocycles. The summed E-state index contributed by atoms with van der Waals surface area (Å²) in [6, 6.07) is 23.6. The minimum absolute atomic E-state index is 0.0263. The first-order valence-electron chi connectivity index (χ1n) is 10.0. The summed E-state index contributed by atoms with van der Waals surface area (Å²) < 4.78 is 16.5. The second-order valence-electron chi connectivity index (χ2n) is 6.44. The first-order chi connectivity index (χ1) is 15.2. The molecule has 0 radical (unpaired) electrons. The summed E-state index contributed by atoms with van der Waals surface area (Å²) >= 11 is 0. The Balaban J connectivity index is 1.90. The molecule has 0 aliphatic heterocycles. The number of aliphatic hydroxyl groups is 3. The van der Waals surface area contributed by atoms with Gasteiger partial charge in [0, 0.05) is 0 Å². The van der Waals surface area contributed by atoms with E-state index in [2.05, 4.69) is 0 Å². The number of benzene rings is 3. The van der Waals surface area contributed by atoms with Crippen LogP contribution in [0.5, 0.6) is 17.2 Å². The molecule has 0 atom stereocenters. The summed E-state index contributed by atoms with van der Waals surface area (Å²) in [5.41, 5.74) is 0. The van der Waals surface area contributed by atoms with Crippen LogP contribution in [0, 0.1) is 0 Å². The average Bonchev–Trinajstić information content (AvgIpc) is 2.82. The lowest BCUT2D eigenvalue weighted by Crippen LogP contribution is -2.07. The van der Waals surface area contributed by atoms with Crippen molar-refractivity contribution in [2.75, 3.05) is 39.6 Å². The Kier molecular flexibility index (Phi) is 9.05. The van der Waals surface area contributed by atoms with Crippen molar-refractivity contribution in [2.24, 2.45) is 0 Å². The maximum absolute atomic E-state index is 8.95. The van der Waals surface area contributed by atoms with Crippen LogP contribution >= 0.6 is 0 Å². The molecule has 6 nitrogen and oxygen atoms in total. The quantitative estimate of drug-likeness (QED) is 0.373. The van der Waals surface area contributed by atoms with Gasteiger partial charge in [-0.3, -0.25) is 0 Å². The zero-order valence-electron chi connectivity index (χ0n) is 17.1. The van der Waals surface area contributed by atoms with Gasteiger partial charge in [-0.25, -0.2) is 0 Å². The monoisotopic (exact) mass is 443 g/mol. The molecule has 31 heavy (non-hydrogen) atoms. The zero-order valence-corrected chi connectivity index (χ0v) is 18.0. The highest BCUT2D eigenvalue weighted by molar-refractivity contribution is 7.97. The van der Waals surface area contributed by atoms with E-state index >= 15 is 0 Å². The summed E-state index contributed by atoms with van der Waals surface area (Å²) in [6.07, 6.45) is 0. The molecule has 0 aliphatic carbocycles. The highest BCUT2D eigenvalue weighted by Gasteiger charge is 2.29. The molecule has 0 unspecified atom stereocenters. The van der Waals surface area contributed by atoms with Gasteiger partial charge in [-0.1, -0.05) is 0 Å². The van der Waals surface area contributed by atoms with E-state index < -0.39 is 0 Å². The molecule has 0 heterocycles. The fourth-order valence-corrected chi connectivity index (χ4v) is 4.96. The van der Waals surface area contributed by atoms with E-state index in [0.29, 0.717) is 17.2 Å². The maximum Gasteiger partial charge on any atom is 0.166 e. The highest BCUT2D eigenvalue weighted by Crippen LogP contribution is 2.34. The van der Waals surface area contributed by atoms with Crippen molar-refractivity contribution < 1.29 is 29.5 Å². The lowest BCUT2D eigenvalue weighted by Gasteiger charge is -2.11. The topological polar surface area (TPSA) is 88.4 Å². The summed E-state index contributed by atoms with van der Waals surface area (Å²) in [5.74, 6) is 2.13. The van der Waals surface area contributed by atoms with Crippen LogP contribution in [0.3, 0.4) is 0 Å². The van der Waals surface area contributed by atoms with Crippen molar-refractivity contribution in [3.63, 3.8) is 0 Å². The standard InChI is InChI=1S/C24H27O6S/c25-13-16-28-19-1-7-22(8-2-19)31(23-9-3-20(4-10-23)29-17-14-26)24-11-5-21(6-12-24)30-18-15-27/h1-12,25-27H,13-18H2/q+1. The Morgan fingerprint density at radius 2 is 0.710 bits per heavy atom. The van der Waals surface area contributed by atoms with Crippen molar-refractivity contribution >= 4 is 10.9 Å². The van der Waals surface area contributed by atoms with Crippen molar-refractivity contribution in [1.29, 1.82) is 0 Å². The molecule has 3 rings (SSSR count). The van der Waals surface area contributed by atoms with Crippen LogP contribution in [0.4, 0.5) is 0 Å². The van der Waals surface area contributed by atoms with Crippen LogP contribution in [0.15, 0.2) is 87.5 Å². The molecule has 0 aliphatic rings. The first kappa shape index (κ1) is 23.0. The lowest BCUT2D eigenvalue weighted by molar-refractivity contribution is 0.201. The predicted molar refractivity (Wildman–Crippen MR) is 119 cm³/mol. The molecular formula is C24H27O6S+. The van der Waals surface area contributed by atoms with Crippen LogP contribution in [0.2, 0.25) is 0 Å². The van der Waals surface area contributed by atoms with Gasteiger partial charge in [0.15, 0.2) is 14.7 Å². The number of aliphatic hydroxyl groups excluding tert-OH is 3. The zero-order chi connectivity index (χ0) is 21.9. The van der Waals surface area contributed by atoms with E-state index in [9.17, 15) is 0 Å². The van der Waals surface area contributed by atoms with Gasteiger partial charge >= 0.3 is 0 Å². The van der Waals surface area contributed by atoms with Gasteiger partial charge in [-0.05, 0) is 72.8 Å². The number of hydrogen-bond acceptors (Lipinski definition) is 6. The van der Waals surface area contributed by atoms with E-state index in [1.165, 1.54) is 0 Å².